The quantitative estimate of drug-likeness (QED) is 0.0454. The van der Waals surface area contributed by atoms with Gasteiger partial charge < -0.3 is 19.3 Å². The summed E-state index contributed by atoms with van der Waals surface area (Å²) in [4.78, 5) is 28.9. The fourth-order valence-corrected chi connectivity index (χ4v) is 7.31. The third-order valence-corrected chi connectivity index (χ3v) is 9.77. The van der Waals surface area contributed by atoms with Gasteiger partial charge in [0.2, 0.25) is 5.13 Å². The van der Waals surface area contributed by atoms with E-state index in [0.29, 0.717) is 45.7 Å². The summed E-state index contributed by atoms with van der Waals surface area (Å²) in [5.41, 5.74) is 4.13. The highest BCUT2D eigenvalue weighted by Crippen LogP contribution is 2.46. The van der Waals surface area contributed by atoms with Gasteiger partial charge in [0.1, 0.15) is 24.2 Å². The molecule has 3 aromatic carbocycles. The number of rotatable bonds is 11. The van der Waals surface area contributed by atoms with E-state index in [1.165, 1.54) is 33.6 Å². The molecule has 1 aromatic heterocycles. The number of carbonyl (C=O) groups excluding carboxylic acids is 2. The average Bonchev–Trinajstić information content (AvgIpc) is 3.74. The zero-order valence-electron chi connectivity index (χ0n) is 25.7. The summed E-state index contributed by atoms with van der Waals surface area (Å²) < 4.78 is 18.1. The highest BCUT2D eigenvalue weighted by Gasteiger charge is 2.48. The highest BCUT2D eigenvalue weighted by atomic mass is 32.2. The molecule has 9 nitrogen and oxygen atoms in total. The van der Waals surface area contributed by atoms with E-state index >= 15 is 0 Å². The van der Waals surface area contributed by atoms with E-state index in [1.807, 2.05) is 20.8 Å². The maximum Gasteiger partial charge on any atom is 0.301 e. The molecule has 0 bridgehead atoms. The number of aromatic nitrogens is 2. The number of ketones is 1. The molecular weight excluding hydrogens is 623 g/mol. The molecular formula is C35H33N3O6S2. The van der Waals surface area contributed by atoms with Crippen molar-refractivity contribution in [1.29, 1.82) is 0 Å². The lowest BCUT2D eigenvalue weighted by Gasteiger charge is -2.23. The number of nitrogens with zero attached hydrogens (tertiary/aromatic N) is 3. The van der Waals surface area contributed by atoms with Gasteiger partial charge in [0, 0.05) is 17.7 Å². The molecule has 0 spiro atoms. The second-order valence-corrected chi connectivity index (χ2v) is 13.2. The number of anilines is 1. The van der Waals surface area contributed by atoms with Crippen molar-refractivity contribution in [2.75, 3.05) is 18.1 Å². The van der Waals surface area contributed by atoms with Crippen LogP contribution in [0.5, 0.6) is 17.2 Å². The fourth-order valence-electron chi connectivity index (χ4n) is 5.49. The molecule has 6 rings (SSSR count). The van der Waals surface area contributed by atoms with Gasteiger partial charge in [0.05, 0.1) is 18.2 Å². The summed E-state index contributed by atoms with van der Waals surface area (Å²) in [7, 11) is 0. The molecule has 4 aromatic rings. The van der Waals surface area contributed by atoms with E-state index in [1.54, 1.807) is 42.5 Å². The first-order valence-corrected chi connectivity index (χ1v) is 16.7. The average molecular weight is 656 g/mol. The van der Waals surface area contributed by atoms with Gasteiger partial charge in [-0.1, -0.05) is 71.6 Å². The SMILES string of the molecule is C=CCOc1ccc(C2/C(=C(\O)c3ccc4c(c3)CC(C)O4)C(=O)C(=O)N2c2nnc(SCc3ccc(C)cc3)s2)cc1OCC. The van der Waals surface area contributed by atoms with Crippen LogP contribution in [0, 0.1) is 6.92 Å². The Hall–Kier alpha value is -4.61. The van der Waals surface area contributed by atoms with Crippen LogP contribution in [-0.4, -0.2) is 46.3 Å². The van der Waals surface area contributed by atoms with Crippen LogP contribution >= 0.6 is 23.1 Å². The van der Waals surface area contributed by atoms with Crippen molar-refractivity contribution < 1.29 is 28.9 Å². The number of aryl methyl sites for hydroxylation is 1. The summed E-state index contributed by atoms with van der Waals surface area (Å²) in [6, 6.07) is 17.7. The van der Waals surface area contributed by atoms with Crippen LogP contribution in [0.15, 0.2) is 83.2 Å². The van der Waals surface area contributed by atoms with Crippen LogP contribution in [0.4, 0.5) is 5.13 Å². The molecule has 0 aliphatic carbocycles. The van der Waals surface area contributed by atoms with E-state index in [4.69, 9.17) is 14.2 Å². The second-order valence-electron chi connectivity index (χ2n) is 11.0. The van der Waals surface area contributed by atoms with Crippen molar-refractivity contribution in [1.82, 2.24) is 10.2 Å². The molecule has 1 N–H and O–H groups in total. The number of hydrogen-bond acceptors (Lipinski definition) is 10. The molecule has 11 heteroatoms. The van der Waals surface area contributed by atoms with Gasteiger partial charge >= 0.3 is 5.91 Å². The van der Waals surface area contributed by atoms with Crippen LogP contribution in [0.3, 0.4) is 0 Å². The number of aliphatic hydroxyl groups is 1. The maximum absolute atomic E-state index is 13.8. The number of fused-ring (bicyclic) bond motifs is 1. The van der Waals surface area contributed by atoms with Crippen LogP contribution in [-0.2, 0) is 21.8 Å². The normalized spacial score (nSPS) is 18.4. The van der Waals surface area contributed by atoms with Crippen molar-refractivity contribution in [3.63, 3.8) is 0 Å². The number of thioether (sulfide) groups is 1. The van der Waals surface area contributed by atoms with E-state index in [9.17, 15) is 14.7 Å². The van der Waals surface area contributed by atoms with Crippen molar-refractivity contribution in [3.8, 4) is 17.2 Å². The van der Waals surface area contributed by atoms with Gasteiger partial charge in [-0.2, -0.15) is 0 Å². The number of benzene rings is 3. The number of aliphatic hydroxyl groups excluding tert-OH is 1. The summed E-state index contributed by atoms with van der Waals surface area (Å²) in [5.74, 6) is 0.423. The lowest BCUT2D eigenvalue weighted by Crippen LogP contribution is -2.29. The van der Waals surface area contributed by atoms with Crippen molar-refractivity contribution in [2.24, 2.45) is 0 Å². The fraction of sp³-hybridized carbons (Fsp3) is 0.257. The molecule has 0 saturated carbocycles. The Labute approximate surface area is 275 Å². The summed E-state index contributed by atoms with van der Waals surface area (Å²) >= 11 is 2.71. The lowest BCUT2D eigenvalue weighted by atomic mass is 9.94. The Morgan fingerprint density at radius 1 is 1.11 bits per heavy atom. The molecule has 2 aliphatic rings. The smallest absolute Gasteiger partial charge is 0.301 e. The van der Waals surface area contributed by atoms with Crippen LogP contribution in [0.25, 0.3) is 5.76 Å². The Morgan fingerprint density at radius 2 is 1.91 bits per heavy atom. The predicted octanol–water partition coefficient (Wildman–Crippen LogP) is 7.05. The van der Waals surface area contributed by atoms with Crippen molar-refractivity contribution in [2.45, 2.75) is 49.4 Å². The van der Waals surface area contributed by atoms with E-state index in [2.05, 4.69) is 41.0 Å². The van der Waals surface area contributed by atoms with Gasteiger partial charge in [-0.15, -0.1) is 10.2 Å². The van der Waals surface area contributed by atoms with Crippen LogP contribution in [0.1, 0.15) is 47.7 Å². The first kappa shape index (κ1) is 31.4. The number of ether oxygens (including phenoxy) is 3. The Balaban J connectivity index is 1.42. The Bertz CT molecular complexity index is 1830. The molecule has 2 aliphatic heterocycles. The van der Waals surface area contributed by atoms with E-state index in [-0.39, 0.29) is 29.2 Å². The maximum atomic E-state index is 13.8. The summed E-state index contributed by atoms with van der Waals surface area (Å²) in [6.45, 7) is 10.2. The molecule has 1 fully saturated rings. The standard InChI is InChI=1S/C35H33N3O6S2/c1-5-15-43-27-14-11-23(18-28(27)42-6-2)30-29(31(39)24-12-13-26-25(17-24)16-21(4)44-26)32(40)33(41)38(30)34-36-37-35(46-34)45-19-22-9-7-20(3)8-10-22/h5,7-14,17-18,21,30,39H,1,6,15-16,19H2,2-4H3/b31-29+. The van der Waals surface area contributed by atoms with Gasteiger partial charge in [-0.25, -0.2) is 0 Å². The zero-order chi connectivity index (χ0) is 32.4. The van der Waals surface area contributed by atoms with E-state index < -0.39 is 17.7 Å². The minimum atomic E-state index is -1.00. The summed E-state index contributed by atoms with van der Waals surface area (Å²) in [5, 5.41) is 20.6. The Kier molecular flexibility index (Phi) is 9.14. The van der Waals surface area contributed by atoms with Crippen molar-refractivity contribution >= 4 is 45.7 Å². The molecule has 1 saturated heterocycles. The minimum absolute atomic E-state index is 0.00672. The van der Waals surface area contributed by atoms with Crippen LogP contribution in [0.2, 0.25) is 0 Å². The third kappa shape index (κ3) is 6.25. The molecule has 236 valence electrons. The minimum Gasteiger partial charge on any atom is -0.507 e. The molecule has 2 atom stereocenters. The Morgan fingerprint density at radius 3 is 2.67 bits per heavy atom. The topological polar surface area (TPSA) is 111 Å². The van der Waals surface area contributed by atoms with Gasteiger partial charge in [-0.05, 0) is 67.8 Å². The molecule has 3 heterocycles. The highest BCUT2D eigenvalue weighted by molar-refractivity contribution is 8.00. The number of hydrogen-bond donors (Lipinski definition) is 1. The lowest BCUT2D eigenvalue weighted by molar-refractivity contribution is -0.132. The zero-order valence-corrected chi connectivity index (χ0v) is 27.3. The van der Waals surface area contributed by atoms with Gasteiger partial charge in [-0.3, -0.25) is 14.5 Å². The number of amides is 1. The molecule has 2 unspecified atom stereocenters. The van der Waals surface area contributed by atoms with Gasteiger partial charge in [0.25, 0.3) is 5.78 Å². The first-order valence-electron chi connectivity index (χ1n) is 14.9. The monoisotopic (exact) mass is 655 g/mol. The third-order valence-electron chi connectivity index (χ3n) is 7.64. The number of Topliss-reactive ketones (excluding diaryl/α,β-unsaturated/α-hetero) is 1. The molecule has 46 heavy (non-hydrogen) atoms. The van der Waals surface area contributed by atoms with Crippen LogP contribution < -0.4 is 19.1 Å². The summed E-state index contributed by atoms with van der Waals surface area (Å²) in [6.07, 6.45) is 2.31. The number of carbonyl (C=O) groups is 2. The first-order chi connectivity index (χ1) is 22.3. The van der Waals surface area contributed by atoms with Crippen molar-refractivity contribution in [3.05, 3.63) is 107 Å². The largest absolute Gasteiger partial charge is 0.507 e. The van der Waals surface area contributed by atoms with Gasteiger partial charge in [0.15, 0.2) is 15.8 Å². The predicted molar refractivity (Wildman–Crippen MR) is 179 cm³/mol. The van der Waals surface area contributed by atoms with E-state index in [0.717, 1.165) is 16.9 Å². The molecule has 1 amide bonds. The second kappa shape index (κ2) is 13.4. The molecule has 0 radical (unpaired) electrons.